The summed E-state index contributed by atoms with van der Waals surface area (Å²) in [6.07, 6.45) is 12.5. The predicted molar refractivity (Wildman–Crippen MR) is 86.8 cm³/mol. The Hall–Kier alpha value is -1.78. The molecule has 2 aromatic rings. The summed E-state index contributed by atoms with van der Waals surface area (Å²) in [6.45, 7) is 5.22. The van der Waals surface area contributed by atoms with Gasteiger partial charge < -0.3 is 15.0 Å². The van der Waals surface area contributed by atoms with Crippen LogP contribution in [-0.2, 0) is 0 Å². The van der Waals surface area contributed by atoms with E-state index in [-0.39, 0.29) is 0 Å². The fourth-order valence-corrected chi connectivity index (χ4v) is 3.26. The number of anilines is 2. The zero-order valence-electron chi connectivity index (χ0n) is 13.0. The average Bonchev–Trinajstić information content (AvgIpc) is 2.97. The Morgan fingerprint density at radius 1 is 1.33 bits per heavy atom. The van der Waals surface area contributed by atoms with Gasteiger partial charge in [0.1, 0.15) is 5.82 Å². The fraction of sp³-hybridized carbons (Fsp3) is 0.625. The van der Waals surface area contributed by atoms with Gasteiger partial charge in [-0.1, -0.05) is 19.3 Å². The molecule has 1 aliphatic carbocycles. The maximum absolute atomic E-state index is 4.69. The van der Waals surface area contributed by atoms with E-state index in [0.29, 0.717) is 6.04 Å². The lowest BCUT2D eigenvalue weighted by Crippen LogP contribution is -2.28. The van der Waals surface area contributed by atoms with Crippen molar-refractivity contribution in [3.8, 4) is 0 Å². The number of imidazole rings is 1. The molecular weight excluding hydrogens is 262 g/mol. The summed E-state index contributed by atoms with van der Waals surface area (Å²) in [6, 6.07) is 0.440. The average molecular weight is 287 g/mol. The molecule has 3 rings (SSSR count). The first-order valence-corrected chi connectivity index (χ1v) is 8.12. The molecule has 0 aliphatic heterocycles. The minimum atomic E-state index is 0.440. The highest BCUT2D eigenvalue weighted by molar-refractivity contribution is 5.65. The predicted octanol–water partition coefficient (Wildman–Crippen LogP) is 3.54. The van der Waals surface area contributed by atoms with Crippen molar-refractivity contribution in [2.45, 2.75) is 52.0 Å². The minimum Gasteiger partial charge on any atom is -0.369 e. The lowest BCUT2D eigenvalue weighted by Gasteiger charge is -2.28. The third-order valence-electron chi connectivity index (χ3n) is 4.45. The normalized spacial score (nSPS) is 17.8. The van der Waals surface area contributed by atoms with Crippen molar-refractivity contribution in [3.63, 3.8) is 0 Å². The highest BCUT2D eigenvalue weighted by atomic mass is 15.1. The number of nitrogens with one attached hydrogen (secondary N) is 2. The Morgan fingerprint density at radius 2 is 2.14 bits per heavy atom. The van der Waals surface area contributed by atoms with E-state index in [1.807, 2.05) is 23.0 Å². The van der Waals surface area contributed by atoms with Crippen LogP contribution in [0.5, 0.6) is 0 Å². The summed E-state index contributed by atoms with van der Waals surface area (Å²) >= 11 is 0. The third kappa shape index (κ3) is 3.12. The first-order chi connectivity index (χ1) is 10.3. The van der Waals surface area contributed by atoms with Gasteiger partial charge in [0.2, 0.25) is 0 Å². The van der Waals surface area contributed by atoms with E-state index in [1.165, 1.54) is 32.1 Å². The quantitative estimate of drug-likeness (QED) is 0.883. The van der Waals surface area contributed by atoms with E-state index in [0.717, 1.165) is 29.7 Å². The molecule has 0 saturated heterocycles. The second-order valence-electron chi connectivity index (χ2n) is 5.99. The molecule has 0 spiro atoms. The van der Waals surface area contributed by atoms with Crippen LogP contribution < -0.4 is 10.6 Å². The minimum absolute atomic E-state index is 0.440. The molecule has 5 nitrogen and oxygen atoms in total. The summed E-state index contributed by atoms with van der Waals surface area (Å²) in [5, 5.41) is 6.89. The van der Waals surface area contributed by atoms with Gasteiger partial charge in [0.25, 0.3) is 0 Å². The summed E-state index contributed by atoms with van der Waals surface area (Å²) < 4.78 is 2.03. The number of nitrogens with zero attached hydrogens (tertiary/aromatic N) is 3. The molecule has 5 heteroatoms. The second kappa shape index (κ2) is 6.33. The zero-order chi connectivity index (χ0) is 14.7. The maximum atomic E-state index is 4.69. The van der Waals surface area contributed by atoms with Crippen LogP contribution in [0.25, 0.3) is 5.65 Å². The number of hydrogen-bond donors (Lipinski definition) is 2. The SMILES string of the molecule is CCNc1cn2ccnc2c(NC(C)C2CCCCC2)n1. The van der Waals surface area contributed by atoms with Gasteiger partial charge in [0.15, 0.2) is 11.5 Å². The lowest BCUT2D eigenvalue weighted by molar-refractivity contribution is 0.328. The molecule has 1 atom stereocenters. The van der Waals surface area contributed by atoms with Crippen LogP contribution in [-0.4, -0.2) is 27.0 Å². The molecule has 114 valence electrons. The van der Waals surface area contributed by atoms with Gasteiger partial charge in [0, 0.05) is 25.0 Å². The van der Waals surface area contributed by atoms with Gasteiger partial charge in [0.05, 0.1) is 6.20 Å². The summed E-state index contributed by atoms with van der Waals surface area (Å²) in [5.41, 5.74) is 0.902. The van der Waals surface area contributed by atoms with Crippen molar-refractivity contribution in [1.29, 1.82) is 0 Å². The lowest BCUT2D eigenvalue weighted by atomic mass is 9.84. The first-order valence-electron chi connectivity index (χ1n) is 8.12. The van der Waals surface area contributed by atoms with Crippen molar-refractivity contribution in [1.82, 2.24) is 14.4 Å². The van der Waals surface area contributed by atoms with Gasteiger partial charge in [-0.2, -0.15) is 0 Å². The summed E-state index contributed by atoms with van der Waals surface area (Å²) in [7, 11) is 0. The number of fused-ring (bicyclic) bond motifs is 1. The molecule has 2 aromatic heterocycles. The molecule has 0 radical (unpaired) electrons. The smallest absolute Gasteiger partial charge is 0.180 e. The molecule has 2 heterocycles. The molecule has 0 aromatic carbocycles. The van der Waals surface area contributed by atoms with E-state index in [4.69, 9.17) is 4.98 Å². The fourth-order valence-electron chi connectivity index (χ4n) is 3.26. The maximum Gasteiger partial charge on any atom is 0.180 e. The molecule has 0 bridgehead atoms. The van der Waals surface area contributed by atoms with E-state index < -0.39 is 0 Å². The van der Waals surface area contributed by atoms with Crippen molar-refractivity contribution in [3.05, 3.63) is 18.6 Å². The Morgan fingerprint density at radius 3 is 2.90 bits per heavy atom. The molecular formula is C16H25N5. The molecule has 1 saturated carbocycles. The van der Waals surface area contributed by atoms with Crippen LogP contribution >= 0.6 is 0 Å². The van der Waals surface area contributed by atoms with Crippen LogP contribution in [0, 0.1) is 5.92 Å². The molecule has 1 aliphatic rings. The van der Waals surface area contributed by atoms with Crippen LogP contribution in [0.2, 0.25) is 0 Å². The molecule has 21 heavy (non-hydrogen) atoms. The second-order valence-corrected chi connectivity index (χ2v) is 5.99. The standard InChI is InChI=1S/C16H25N5/c1-3-17-14-11-21-10-9-18-16(21)15(20-14)19-12(2)13-7-5-4-6-8-13/h9-13,17H,3-8H2,1-2H3,(H,19,20). The monoisotopic (exact) mass is 287 g/mol. The Bertz CT molecular complexity index is 585. The number of hydrogen-bond acceptors (Lipinski definition) is 4. The molecule has 1 fully saturated rings. The summed E-state index contributed by atoms with van der Waals surface area (Å²) in [4.78, 5) is 9.12. The highest BCUT2D eigenvalue weighted by Crippen LogP contribution is 2.28. The van der Waals surface area contributed by atoms with Gasteiger partial charge >= 0.3 is 0 Å². The number of rotatable bonds is 5. The molecule has 0 amide bonds. The van der Waals surface area contributed by atoms with Gasteiger partial charge in [-0.15, -0.1) is 0 Å². The van der Waals surface area contributed by atoms with Crippen LogP contribution in [0.3, 0.4) is 0 Å². The van der Waals surface area contributed by atoms with Crippen LogP contribution in [0.15, 0.2) is 18.6 Å². The summed E-state index contributed by atoms with van der Waals surface area (Å²) in [5.74, 6) is 2.52. The Balaban J connectivity index is 1.82. The van der Waals surface area contributed by atoms with Crippen LogP contribution in [0.1, 0.15) is 46.0 Å². The van der Waals surface area contributed by atoms with Gasteiger partial charge in [-0.05, 0) is 32.6 Å². The zero-order valence-corrected chi connectivity index (χ0v) is 13.0. The van der Waals surface area contributed by atoms with E-state index in [9.17, 15) is 0 Å². The van der Waals surface area contributed by atoms with E-state index >= 15 is 0 Å². The van der Waals surface area contributed by atoms with E-state index in [2.05, 4.69) is 29.5 Å². The van der Waals surface area contributed by atoms with Gasteiger partial charge in [-0.3, -0.25) is 0 Å². The first kappa shape index (κ1) is 14.2. The number of aromatic nitrogens is 3. The molecule has 1 unspecified atom stereocenters. The van der Waals surface area contributed by atoms with Crippen LogP contribution in [0.4, 0.5) is 11.6 Å². The van der Waals surface area contributed by atoms with Crippen molar-refractivity contribution in [2.24, 2.45) is 5.92 Å². The highest BCUT2D eigenvalue weighted by Gasteiger charge is 2.21. The topological polar surface area (TPSA) is 54.2 Å². The largest absolute Gasteiger partial charge is 0.369 e. The van der Waals surface area contributed by atoms with Crippen molar-refractivity contribution in [2.75, 3.05) is 17.2 Å². The van der Waals surface area contributed by atoms with Gasteiger partial charge in [-0.25, -0.2) is 9.97 Å². The Kier molecular flexibility index (Phi) is 4.27. The van der Waals surface area contributed by atoms with Crippen molar-refractivity contribution >= 4 is 17.3 Å². The van der Waals surface area contributed by atoms with Crippen molar-refractivity contribution < 1.29 is 0 Å². The third-order valence-corrected chi connectivity index (χ3v) is 4.45. The van der Waals surface area contributed by atoms with E-state index in [1.54, 1.807) is 0 Å². The molecule has 2 N–H and O–H groups in total. The Labute approximate surface area is 126 Å².